The van der Waals surface area contributed by atoms with Crippen LogP contribution in [0, 0.1) is 22.6 Å². The number of nitrogens with two attached hydrogens (primary N) is 1. The molecule has 4 heteroatoms. The molecule has 1 saturated carbocycles. The molecule has 0 saturated heterocycles. The molecule has 1 aliphatic rings. The maximum Gasteiger partial charge on any atom is 0.128 e. The summed E-state index contributed by atoms with van der Waals surface area (Å²) in [6.45, 7) is 8.66. The molecule has 0 heterocycles. The normalized spacial score (nSPS) is 23.4. The van der Waals surface area contributed by atoms with Crippen LogP contribution >= 0.6 is 11.6 Å². The Labute approximate surface area is 125 Å². The Balaban J connectivity index is 2.35. The van der Waals surface area contributed by atoms with Gasteiger partial charge in [0.1, 0.15) is 5.82 Å². The van der Waals surface area contributed by atoms with Crippen molar-refractivity contribution in [2.24, 2.45) is 22.5 Å². The van der Waals surface area contributed by atoms with Crippen LogP contribution in [0.2, 0.25) is 5.02 Å². The highest BCUT2D eigenvalue weighted by Gasteiger charge is 2.68. The monoisotopic (exact) mass is 299 g/mol. The third-order valence-corrected chi connectivity index (χ3v) is 5.84. The number of hydrogen-bond donors (Lipinski definition) is 2. The molecule has 0 spiro atoms. The highest BCUT2D eigenvalue weighted by atomic mass is 35.5. The summed E-state index contributed by atoms with van der Waals surface area (Å²) in [4.78, 5) is 0. The van der Waals surface area contributed by atoms with Crippen molar-refractivity contribution in [3.05, 3.63) is 34.6 Å². The van der Waals surface area contributed by atoms with E-state index in [0.717, 1.165) is 0 Å². The largest absolute Gasteiger partial charge is 0.392 e. The summed E-state index contributed by atoms with van der Waals surface area (Å²) in [7, 11) is 0. The van der Waals surface area contributed by atoms with Crippen LogP contribution in [0.4, 0.5) is 4.39 Å². The van der Waals surface area contributed by atoms with Crippen LogP contribution in [-0.2, 0) is 0 Å². The number of aliphatic hydroxyl groups excluding tert-OH is 1. The molecule has 112 valence electrons. The fourth-order valence-corrected chi connectivity index (χ4v) is 3.93. The lowest BCUT2D eigenvalue weighted by Crippen LogP contribution is -2.30. The van der Waals surface area contributed by atoms with E-state index in [4.69, 9.17) is 17.3 Å². The summed E-state index contributed by atoms with van der Waals surface area (Å²) >= 11 is 6.11. The van der Waals surface area contributed by atoms with Crippen LogP contribution in [0.3, 0.4) is 0 Å². The molecule has 1 fully saturated rings. The van der Waals surface area contributed by atoms with Crippen LogP contribution in [-0.4, -0.2) is 17.8 Å². The molecule has 2 rings (SSSR count). The van der Waals surface area contributed by atoms with Gasteiger partial charge < -0.3 is 10.8 Å². The fourth-order valence-electron chi connectivity index (χ4n) is 3.63. The van der Waals surface area contributed by atoms with Crippen molar-refractivity contribution in [2.75, 3.05) is 6.54 Å². The van der Waals surface area contributed by atoms with Gasteiger partial charge in [-0.2, -0.15) is 0 Å². The van der Waals surface area contributed by atoms with Gasteiger partial charge in [0, 0.05) is 23.0 Å². The summed E-state index contributed by atoms with van der Waals surface area (Å²) in [6, 6.07) is 4.56. The summed E-state index contributed by atoms with van der Waals surface area (Å²) in [6.07, 6.45) is -0.695. The first-order valence-electron chi connectivity index (χ1n) is 6.98. The van der Waals surface area contributed by atoms with Gasteiger partial charge in [-0.05, 0) is 28.9 Å². The number of benzene rings is 1. The Morgan fingerprint density at radius 2 is 1.85 bits per heavy atom. The van der Waals surface area contributed by atoms with Gasteiger partial charge >= 0.3 is 0 Å². The first-order valence-corrected chi connectivity index (χ1v) is 7.36. The van der Waals surface area contributed by atoms with Crippen LogP contribution in [0.1, 0.15) is 39.2 Å². The molecule has 0 aliphatic heterocycles. The predicted molar refractivity (Wildman–Crippen MR) is 80.3 cm³/mol. The maximum atomic E-state index is 14.1. The smallest absolute Gasteiger partial charge is 0.128 e. The standard InChI is InChI=1S/C16H23ClFNO/c1-15(2)14(16(15,3)4)13(20)9(8-19)12-10(17)6-5-7-11(12)18/h5-7,9,13-14,20H,8,19H2,1-4H3. The maximum absolute atomic E-state index is 14.1. The van der Waals surface area contributed by atoms with E-state index < -0.39 is 17.8 Å². The molecular weight excluding hydrogens is 277 g/mol. The van der Waals surface area contributed by atoms with E-state index in [-0.39, 0.29) is 23.3 Å². The van der Waals surface area contributed by atoms with Gasteiger partial charge in [0.25, 0.3) is 0 Å². The molecular formula is C16H23ClFNO. The minimum absolute atomic E-state index is 0.0115. The summed E-state index contributed by atoms with van der Waals surface area (Å²) in [5.74, 6) is -0.794. The molecule has 2 atom stereocenters. The van der Waals surface area contributed by atoms with Crippen molar-refractivity contribution in [1.82, 2.24) is 0 Å². The highest BCUT2D eigenvalue weighted by Crippen LogP contribution is 2.70. The molecule has 1 aliphatic carbocycles. The van der Waals surface area contributed by atoms with Gasteiger partial charge in [-0.25, -0.2) is 4.39 Å². The zero-order valence-electron chi connectivity index (χ0n) is 12.5. The Morgan fingerprint density at radius 1 is 1.30 bits per heavy atom. The van der Waals surface area contributed by atoms with Crippen molar-refractivity contribution >= 4 is 11.6 Å². The molecule has 1 aromatic rings. The lowest BCUT2D eigenvalue weighted by molar-refractivity contribution is 0.101. The van der Waals surface area contributed by atoms with Crippen molar-refractivity contribution in [3.8, 4) is 0 Å². The van der Waals surface area contributed by atoms with Gasteiger partial charge in [-0.1, -0.05) is 45.4 Å². The second kappa shape index (κ2) is 4.97. The second-order valence-electron chi connectivity index (χ2n) is 6.89. The minimum Gasteiger partial charge on any atom is -0.392 e. The van der Waals surface area contributed by atoms with E-state index in [2.05, 4.69) is 27.7 Å². The molecule has 0 amide bonds. The quantitative estimate of drug-likeness (QED) is 0.893. The number of hydrogen-bond acceptors (Lipinski definition) is 2. The van der Waals surface area contributed by atoms with Crippen LogP contribution in [0.15, 0.2) is 18.2 Å². The highest BCUT2D eigenvalue weighted by molar-refractivity contribution is 6.31. The van der Waals surface area contributed by atoms with Crippen LogP contribution in [0.5, 0.6) is 0 Å². The van der Waals surface area contributed by atoms with E-state index >= 15 is 0 Å². The Bertz CT molecular complexity index is 481. The lowest BCUT2D eigenvalue weighted by Gasteiger charge is -2.25. The summed E-state index contributed by atoms with van der Waals surface area (Å²) in [5, 5.41) is 11.0. The van der Waals surface area contributed by atoms with Gasteiger partial charge in [0.05, 0.1) is 6.10 Å². The Hall–Kier alpha value is -0.640. The molecule has 1 aromatic carbocycles. The van der Waals surface area contributed by atoms with E-state index in [0.29, 0.717) is 10.6 Å². The van der Waals surface area contributed by atoms with E-state index in [1.165, 1.54) is 6.07 Å². The average Bonchev–Trinajstić information content (AvgIpc) is 2.74. The molecule has 2 unspecified atom stereocenters. The molecule has 3 N–H and O–H groups in total. The van der Waals surface area contributed by atoms with Crippen LogP contribution in [0.25, 0.3) is 0 Å². The van der Waals surface area contributed by atoms with Crippen molar-refractivity contribution < 1.29 is 9.50 Å². The molecule has 0 aromatic heterocycles. The summed E-state index contributed by atoms with van der Waals surface area (Å²) < 4.78 is 14.1. The van der Waals surface area contributed by atoms with Crippen molar-refractivity contribution in [1.29, 1.82) is 0 Å². The topological polar surface area (TPSA) is 46.2 Å². The van der Waals surface area contributed by atoms with Gasteiger partial charge in [0.2, 0.25) is 0 Å². The van der Waals surface area contributed by atoms with Gasteiger partial charge in [0.15, 0.2) is 0 Å². The first kappa shape index (κ1) is 15.7. The molecule has 0 bridgehead atoms. The van der Waals surface area contributed by atoms with E-state index in [9.17, 15) is 9.50 Å². The number of halogens is 2. The Morgan fingerprint density at radius 3 is 2.25 bits per heavy atom. The number of rotatable bonds is 4. The molecule has 20 heavy (non-hydrogen) atoms. The van der Waals surface area contributed by atoms with Crippen molar-refractivity contribution in [3.63, 3.8) is 0 Å². The minimum atomic E-state index is -0.695. The molecule has 2 nitrogen and oxygen atoms in total. The zero-order chi connectivity index (χ0) is 15.3. The number of aliphatic hydroxyl groups is 1. The zero-order valence-corrected chi connectivity index (χ0v) is 13.2. The Kier molecular flexibility index (Phi) is 3.91. The second-order valence-corrected chi connectivity index (χ2v) is 7.30. The third-order valence-electron chi connectivity index (χ3n) is 5.51. The van der Waals surface area contributed by atoms with Crippen molar-refractivity contribution in [2.45, 2.75) is 39.7 Å². The average molecular weight is 300 g/mol. The van der Waals surface area contributed by atoms with E-state index in [1.807, 2.05) is 0 Å². The predicted octanol–water partition coefficient (Wildman–Crippen LogP) is 3.56. The van der Waals surface area contributed by atoms with Gasteiger partial charge in [-0.3, -0.25) is 0 Å². The first-order chi connectivity index (χ1) is 9.16. The summed E-state index contributed by atoms with van der Waals surface area (Å²) in [5.41, 5.74) is 6.16. The molecule has 0 radical (unpaired) electrons. The lowest BCUT2D eigenvalue weighted by atomic mass is 9.87. The van der Waals surface area contributed by atoms with Gasteiger partial charge in [-0.15, -0.1) is 0 Å². The van der Waals surface area contributed by atoms with E-state index in [1.54, 1.807) is 12.1 Å². The fraction of sp³-hybridized carbons (Fsp3) is 0.625. The third kappa shape index (κ3) is 2.16. The van der Waals surface area contributed by atoms with Crippen LogP contribution < -0.4 is 5.73 Å². The SMILES string of the molecule is CC1(C)C(C(O)C(CN)c2c(F)cccc2Cl)C1(C)C.